The quantitative estimate of drug-likeness (QED) is 0.393. The standard InChI is InChI=1S/C4H4O2/c5-4-2-1-3-6-4/h1-2H,3H2/p+1. The van der Waals surface area contributed by atoms with Crippen LogP contribution in [0.5, 0.6) is 0 Å². The van der Waals surface area contributed by atoms with Crippen LogP contribution < -0.4 is 0 Å². The monoisotopic (exact) mass is 85.0 g/mol. The first-order chi connectivity index (χ1) is 2.89. The Labute approximate surface area is 36.9 Å². The average molecular weight is 85.1 g/mol. The van der Waals surface area contributed by atoms with E-state index in [9.17, 15) is 4.79 Å². The molecule has 0 N–H and O–H groups in total. The first kappa shape index (κ1) is 3.40. The van der Waals surface area contributed by atoms with Crippen molar-refractivity contribution in [3.05, 3.63) is 12.2 Å². The third-order valence-corrected chi connectivity index (χ3v) is 0.576. The minimum atomic E-state index is -0.227. The molecule has 0 spiro atoms. The first-order valence-corrected chi connectivity index (χ1v) is 1.73. The van der Waals surface area contributed by atoms with E-state index in [0.717, 1.165) is 0 Å². The molecule has 0 bridgehead atoms. The van der Waals surface area contributed by atoms with Gasteiger partial charge in [-0.2, -0.15) is 0 Å². The molecule has 0 aromatic rings. The zero-order valence-electron chi connectivity index (χ0n) is 4.18. The Morgan fingerprint density at radius 1 is 2.00 bits per heavy atom. The molecule has 1 heterocycles. The minimum absolute atomic E-state index is 0. The maximum Gasteiger partial charge on any atom is 1.00 e. The molecule has 0 aromatic heterocycles. The lowest BCUT2D eigenvalue weighted by atomic mass is 10.6. The number of carbonyl (C=O) groups is 1. The summed E-state index contributed by atoms with van der Waals surface area (Å²) >= 11 is 0. The normalized spacial score (nSPS) is 18.3. The van der Waals surface area contributed by atoms with Gasteiger partial charge in [0.25, 0.3) is 0 Å². The van der Waals surface area contributed by atoms with Crippen molar-refractivity contribution in [1.29, 1.82) is 0 Å². The van der Waals surface area contributed by atoms with Crippen LogP contribution in [-0.4, -0.2) is 12.6 Å². The molecule has 0 fully saturated rings. The van der Waals surface area contributed by atoms with Crippen LogP contribution in [0.2, 0.25) is 0 Å². The number of ether oxygens (including phenoxy) is 1. The number of rotatable bonds is 0. The van der Waals surface area contributed by atoms with Crippen molar-refractivity contribution in [3.8, 4) is 0 Å². The maximum absolute atomic E-state index is 9.93. The Balaban J connectivity index is 0.000000360. The molecular weight excluding hydrogens is 80.0 g/mol. The summed E-state index contributed by atoms with van der Waals surface area (Å²) in [6, 6.07) is 0. The predicted octanol–water partition coefficient (Wildman–Crippen LogP) is 0.212. The number of carbonyl (C=O) groups excluding carboxylic acids is 1. The van der Waals surface area contributed by atoms with E-state index in [-0.39, 0.29) is 7.40 Å². The lowest BCUT2D eigenvalue weighted by molar-refractivity contribution is -0.134. The molecule has 0 atom stereocenters. The summed E-state index contributed by atoms with van der Waals surface area (Å²) in [5.74, 6) is -0.227. The number of hydrogen-bond acceptors (Lipinski definition) is 2. The summed E-state index contributed by atoms with van der Waals surface area (Å²) in [7, 11) is 0. The molecule has 1 aliphatic rings. The number of esters is 1. The molecule has 32 valence electrons. The maximum atomic E-state index is 9.93. The molecular formula is C4H5O2+. The summed E-state index contributed by atoms with van der Waals surface area (Å²) in [5, 5.41) is 0. The van der Waals surface area contributed by atoms with E-state index in [4.69, 9.17) is 0 Å². The van der Waals surface area contributed by atoms with Crippen LogP contribution in [0.3, 0.4) is 0 Å². The second kappa shape index (κ2) is 1.12. The molecule has 0 saturated heterocycles. The van der Waals surface area contributed by atoms with Gasteiger partial charge in [0.15, 0.2) is 0 Å². The Bertz CT molecular complexity index is 97.9. The van der Waals surface area contributed by atoms with Gasteiger partial charge in [-0.15, -0.1) is 0 Å². The molecule has 6 heavy (non-hydrogen) atoms. The topological polar surface area (TPSA) is 26.3 Å². The summed E-state index contributed by atoms with van der Waals surface area (Å²) < 4.78 is 4.40. The van der Waals surface area contributed by atoms with Crippen molar-refractivity contribution in [2.75, 3.05) is 6.61 Å². The molecule has 0 unspecified atom stereocenters. The zero-order valence-corrected chi connectivity index (χ0v) is 3.18. The van der Waals surface area contributed by atoms with Gasteiger partial charge in [-0.1, -0.05) is 0 Å². The number of hydrogen-bond donors (Lipinski definition) is 0. The Morgan fingerprint density at radius 2 is 2.83 bits per heavy atom. The summed E-state index contributed by atoms with van der Waals surface area (Å²) in [6.45, 7) is 0.457. The van der Waals surface area contributed by atoms with E-state index in [2.05, 4.69) is 4.74 Å². The zero-order chi connectivity index (χ0) is 4.41. The molecule has 0 saturated carbocycles. The molecule has 0 amide bonds. The first-order valence-electron chi connectivity index (χ1n) is 1.73. The molecule has 2 heteroatoms. The van der Waals surface area contributed by atoms with E-state index in [1.165, 1.54) is 6.08 Å². The molecule has 1 aliphatic heterocycles. The van der Waals surface area contributed by atoms with Gasteiger partial charge in [0, 0.05) is 6.08 Å². The van der Waals surface area contributed by atoms with Crippen molar-refractivity contribution < 1.29 is 11.0 Å². The van der Waals surface area contributed by atoms with Gasteiger partial charge in [0.05, 0.1) is 0 Å². The fraction of sp³-hybridized carbons (Fsp3) is 0.250. The van der Waals surface area contributed by atoms with E-state index < -0.39 is 0 Å². The highest BCUT2D eigenvalue weighted by atomic mass is 16.5. The van der Waals surface area contributed by atoms with Gasteiger partial charge >= 0.3 is 7.40 Å². The van der Waals surface area contributed by atoms with Crippen molar-refractivity contribution in [1.82, 2.24) is 0 Å². The Hall–Kier alpha value is -0.790. The van der Waals surface area contributed by atoms with Crippen molar-refractivity contribution in [2.24, 2.45) is 0 Å². The molecule has 0 aromatic carbocycles. The van der Waals surface area contributed by atoms with Crippen LogP contribution in [0.25, 0.3) is 0 Å². The van der Waals surface area contributed by atoms with Crippen molar-refractivity contribution in [3.63, 3.8) is 0 Å². The van der Waals surface area contributed by atoms with Crippen LogP contribution >= 0.6 is 0 Å². The second-order valence-corrected chi connectivity index (χ2v) is 1.03. The van der Waals surface area contributed by atoms with Gasteiger partial charge in [0.1, 0.15) is 6.61 Å². The van der Waals surface area contributed by atoms with Gasteiger partial charge in [-0.3, -0.25) is 0 Å². The van der Waals surface area contributed by atoms with Gasteiger partial charge in [-0.05, 0) is 6.08 Å². The Kier molecular flexibility index (Phi) is 0.638. The van der Waals surface area contributed by atoms with Gasteiger partial charge in [0.2, 0.25) is 0 Å². The molecule has 1 rings (SSSR count). The van der Waals surface area contributed by atoms with Crippen LogP contribution in [-0.2, 0) is 9.53 Å². The van der Waals surface area contributed by atoms with Crippen LogP contribution in [0.1, 0.15) is 1.43 Å². The van der Waals surface area contributed by atoms with Crippen molar-refractivity contribution in [2.45, 2.75) is 0 Å². The number of cyclic esters (lactones) is 1. The summed E-state index contributed by atoms with van der Waals surface area (Å²) in [6.07, 6.45) is 3.10. The van der Waals surface area contributed by atoms with E-state index in [1.807, 2.05) is 0 Å². The third-order valence-electron chi connectivity index (χ3n) is 0.576. The average Bonchev–Trinajstić information content (AvgIpc) is 1.86. The fourth-order valence-corrected chi connectivity index (χ4v) is 0.323. The van der Waals surface area contributed by atoms with Crippen LogP contribution in [0, 0.1) is 0 Å². The van der Waals surface area contributed by atoms with Crippen LogP contribution in [0.4, 0.5) is 0 Å². The second-order valence-electron chi connectivity index (χ2n) is 1.03. The van der Waals surface area contributed by atoms with E-state index in [0.29, 0.717) is 6.61 Å². The van der Waals surface area contributed by atoms with Gasteiger partial charge < -0.3 is 4.74 Å². The Morgan fingerprint density at radius 3 is 3.00 bits per heavy atom. The van der Waals surface area contributed by atoms with Crippen molar-refractivity contribution >= 4 is 5.97 Å². The summed E-state index contributed by atoms with van der Waals surface area (Å²) in [5.41, 5.74) is 0. The predicted molar refractivity (Wildman–Crippen MR) is 21.2 cm³/mol. The van der Waals surface area contributed by atoms with Gasteiger partial charge in [-0.25, -0.2) is 4.79 Å². The lowest BCUT2D eigenvalue weighted by Crippen LogP contribution is -1.89. The third kappa shape index (κ3) is 0.407. The molecule has 0 aliphatic carbocycles. The largest absolute Gasteiger partial charge is 1.00 e. The SMILES string of the molecule is O=C1C=CCO1.[H+]. The minimum Gasteiger partial charge on any atom is -0.458 e. The summed E-state index contributed by atoms with van der Waals surface area (Å²) in [4.78, 5) is 9.93. The highest BCUT2D eigenvalue weighted by Crippen LogP contribution is 1.89. The van der Waals surface area contributed by atoms with Crippen LogP contribution in [0.15, 0.2) is 12.2 Å². The molecule has 0 radical (unpaired) electrons. The van der Waals surface area contributed by atoms with E-state index in [1.54, 1.807) is 6.08 Å². The lowest BCUT2D eigenvalue weighted by Gasteiger charge is -1.81. The molecule has 2 nitrogen and oxygen atoms in total. The highest BCUT2D eigenvalue weighted by Gasteiger charge is 1.98. The highest BCUT2D eigenvalue weighted by molar-refractivity contribution is 5.83. The van der Waals surface area contributed by atoms with E-state index >= 15 is 0 Å². The fourth-order valence-electron chi connectivity index (χ4n) is 0.323. The smallest absolute Gasteiger partial charge is 0.458 e.